The number of furan rings is 1. The highest BCUT2D eigenvalue weighted by Crippen LogP contribution is 2.35. The molecule has 0 fully saturated rings. The quantitative estimate of drug-likeness (QED) is 0.727. The molecule has 2 aromatic heterocycles. The topological polar surface area (TPSA) is 57.4 Å². The largest absolute Gasteiger partial charge is 0.497 e. The fraction of sp³-hybridized carbons (Fsp3) is 0.0769. The highest BCUT2D eigenvalue weighted by molar-refractivity contribution is 7.08. The van der Waals surface area contributed by atoms with E-state index in [1.54, 1.807) is 19.4 Å². The molecule has 0 N–H and O–H groups in total. The Kier molecular flexibility index (Phi) is 3.16. The van der Waals surface area contributed by atoms with Crippen molar-refractivity contribution in [2.24, 2.45) is 0 Å². The summed E-state index contributed by atoms with van der Waals surface area (Å²) >= 11 is 1.18. The van der Waals surface area contributed by atoms with Gasteiger partial charge in [0.05, 0.1) is 13.4 Å². The van der Waals surface area contributed by atoms with Crippen LogP contribution in [0.2, 0.25) is 0 Å². The summed E-state index contributed by atoms with van der Waals surface area (Å²) in [6.45, 7) is 0. The number of hydrogen-bond acceptors (Lipinski definition) is 6. The zero-order valence-electron chi connectivity index (χ0n) is 10.1. The first-order valence-corrected chi connectivity index (χ1v) is 6.32. The van der Waals surface area contributed by atoms with Crippen LogP contribution in [0.4, 0.5) is 0 Å². The van der Waals surface area contributed by atoms with Crippen molar-refractivity contribution in [3.05, 3.63) is 42.7 Å². The maximum atomic E-state index is 5.75. The predicted octanol–water partition coefficient (Wildman–Crippen LogP) is 3.60. The van der Waals surface area contributed by atoms with Crippen molar-refractivity contribution in [1.82, 2.24) is 9.59 Å². The SMILES string of the molecule is COc1ccc(Oc2snnc2-c2ccco2)cc1. The van der Waals surface area contributed by atoms with E-state index in [0.29, 0.717) is 22.3 Å². The van der Waals surface area contributed by atoms with E-state index in [-0.39, 0.29) is 0 Å². The fourth-order valence-electron chi connectivity index (χ4n) is 1.56. The Morgan fingerprint density at radius 3 is 2.58 bits per heavy atom. The molecular formula is C13H10N2O3S. The number of nitrogens with zero attached hydrogens (tertiary/aromatic N) is 2. The van der Waals surface area contributed by atoms with E-state index in [2.05, 4.69) is 9.59 Å². The Labute approximate surface area is 113 Å². The smallest absolute Gasteiger partial charge is 0.231 e. The van der Waals surface area contributed by atoms with Crippen molar-refractivity contribution in [3.8, 4) is 28.0 Å². The van der Waals surface area contributed by atoms with Gasteiger partial charge >= 0.3 is 0 Å². The second-order valence-corrected chi connectivity index (χ2v) is 4.38. The van der Waals surface area contributed by atoms with Gasteiger partial charge in [0, 0.05) is 11.5 Å². The number of aromatic nitrogens is 2. The first kappa shape index (κ1) is 11.7. The van der Waals surface area contributed by atoms with Gasteiger partial charge in [-0.1, -0.05) is 4.49 Å². The average molecular weight is 274 g/mol. The van der Waals surface area contributed by atoms with Crippen LogP contribution in [-0.2, 0) is 0 Å². The van der Waals surface area contributed by atoms with Gasteiger partial charge in [-0.15, -0.1) is 5.10 Å². The van der Waals surface area contributed by atoms with E-state index >= 15 is 0 Å². The summed E-state index contributed by atoms with van der Waals surface area (Å²) in [4.78, 5) is 0. The summed E-state index contributed by atoms with van der Waals surface area (Å²) in [7, 11) is 1.62. The summed E-state index contributed by atoms with van der Waals surface area (Å²) in [5, 5.41) is 4.61. The maximum absolute atomic E-state index is 5.75. The lowest BCUT2D eigenvalue weighted by Gasteiger charge is -2.04. The fourth-order valence-corrected chi connectivity index (χ4v) is 2.12. The molecule has 3 aromatic rings. The highest BCUT2D eigenvalue weighted by Gasteiger charge is 2.14. The Balaban J connectivity index is 1.85. The third-order valence-corrected chi connectivity index (χ3v) is 3.09. The van der Waals surface area contributed by atoms with Crippen LogP contribution in [0.5, 0.6) is 16.6 Å². The summed E-state index contributed by atoms with van der Waals surface area (Å²) in [6, 6.07) is 10.9. The van der Waals surface area contributed by atoms with Crippen molar-refractivity contribution < 1.29 is 13.9 Å². The van der Waals surface area contributed by atoms with Gasteiger partial charge in [0.15, 0.2) is 11.5 Å². The lowest BCUT2D eigenvalue weighted by atomic mass is 10.3. The van der Waals surface area contributed by atoms with Gasteiger partial charge < -0.3 is 13.9 Å². The van der Waals surface area contributed by atoms with Gasteiger partial charge in [-0.25, -0.2) is 0 Å². The van der Waals surface area contributed by atoms with Crippen LogP contribution >= 0.6 is 11.5 Å². The Hall–Kier alpha value is -2.34. The first-order chi connectivity index (χ1) is 9.36. The van der Waals surface area contributed by atoms with Crippen LogP contribution in [0, 0.1) is 0 Å². The molecule has 0 saturated carbocycles. The molecule has 0 aliphatic carbocycles. The first-order valence-electron chi connectivity index (χ1n) is 5.55. The normalized spacial score (nSPS) is 10.4. The summed E-state index contributed by atoms with van der Waals surface area (Å²) in [5.74, 6) is 2.11. The molecule has 0 bridgehead atoms. The maximum Gasteiger partial charge on any atom is 0.231 e. The van der Waals surface area contributed by atoms with E-state index in [0.717, 1.165) is 5.75 Å². The van der Waals surface area contributed by atoms with E-state index in [1.807, 2.05) is 30.3 Å². The molecule has 6 heteroatoms. The average Bonchev–Trinajstić information content (AvgIpc) is 3.10. The molecule has 0 radical (unpaired) electrons. The van der Waals surface area contributed by atoms with Crippen molar-refractivity contribution in [1.29, 1.82) is 0 Å². The van der Waals surface area contributed by atoms with Gasteiger partial charge in [0.1, 0.15) is 11.5 Å². The Morgan fingerprint density at radius 2 is 1.89 bits per heavy atom. The van der Waals surface area contributed by atoms with E-state index < -0.39 is 0 Å². The van der Waals surface area contributed by atoms with Gasteiger partial charge in [-0.05, 0) is 36.4 Å². The van der Waals surface area contributed by atoms with Gasteiger partial charge in [-0.2, -0.15) is 0 Å². The third kappa shape index (κ3) is 2.43. The molecule has 2 heterocycles. The monoisotopic (exact) mass is 274 g/mol. The molecule has 0 unspecified atom stereocenters. The summed E-state index contributed by atoms with van der Waals surface area (Å²) < 4.78 is 20.0. The van der Waals surface area contributed by atoms with Crippen molar-refractivity contribution >= 4 is 11.5 Å². The predicted molar refractivity (Wildman–Crippen MR) is 70.7 cm³/mol. The van der Waals surface area contributed by atoms with Crippen LogP contribution in [0.25, 0.3) is 11.5 Å². The molecule has 0 aliphatic rings. The Bertz CT molecular complexity index is 647. The van der Waals surface area contributed by atoms with Crippen LogP contribution in [0.3, 0.4) is 0 Å². The zero-order chi connectivity index (χ0) is 13.1. The van der Waals surface area contributed by atoms with Crippen molar-refractivity contribution in [2.45, 2.75) is 0 Å². The van der Waals surface area contributed by atoms with Crippen molar-refractivity contribution in [2.75, 3.05) is 7.11 Å². The lowest BCUT2D eigenvalue weighted by Crippen LogP contribution is -1.86. The number of rotatable bonds is 4. The standard InChI is InChI=1S/C13H10N2O3S/c1-16-9-4-6-10(7-5-9)18-13-12(14-15-19-13)11-3-2-8-17-11/h2-8H,1H3. The molecule has 0 saturated heterocycles. The number of methoxy groups -OCH3 is 1. The van der Waals surface area contributed by atoms with E-state index in [4.69, 9.17) is 13.9 Å². The minimum atomic E-state index is 0.597. The molecule has 1 aromatic carbocycles. The number of ether oxygens (including phenoxy) is 2. The molecule has 96 valence electrons. The van der Waals surface area contributed by atoms with Crippen LogP contribution in [0.1, 0.15) is 0 Å². The zero-order valence-corrected chi connectivity index (χ0v) is 10.9. The second-order valence-electron chi connectivity index (χ2n) is 3.66. The highest BCUT2D eigenvalue weighted by atomic mass is 32.1. The lowest BCUT2D eigenvalue weighted by molar-refractivity contribution is 0.413. The van der Waals surface area contributed by atoms with Gasteiger partial charge in [0.2, 0.25) is 5.06 Å². The minimum Gasteiger partial charge on any atom is -0.497 e. The molecule has 3 rings (SSSR count). The number of hydrogen-bond donors (Lipinski definition) is 0. The molecule has 0 aliphatic heterocycles. The van der Waals surface area contributed by atoms with Gasteiger partial charge in [0.25, 0.3) is 0 Å². The molecule has 0 amide bonds. The Morgan fingerprint density at radius 1 is 1.11 bits per heavy atom. The van der Waals surface area contributed by atoms with E-state index in [9.17, 15) is 0 Å². The van der Waals surface area contributed by atoms with E-state index in [1.165, 1.54) is 11.5 Å². The number of benzene rings is 1. The summed E-state index contributed by atoms with van der Waals surface area (Å²) in [5.41, 5.74) is 0.603. The second kappa shape index (κ2) is 5.11. The van der Waals surface area contributed by atoms with Crippen LogP contribution < -0.4 is 9.47 Å². The minimum absolute atomic E-state index is 0.597. The summed E-state index contributed by atoms with van der Waals surface area (Å²) in [6.07, 6.45) is 1.59. The van der Waals surface area contributed by atoms with Crippen molar-refractivity contribution in [3.63, 3.8) is 0 Å². The van der Waals surface area contributed by atoms with Gasteiger partial charge in [-0.3, -0.25) is 0 Å². The van der Waals surface area contributed by atoms with Crippen LogP contribution in [-0.4, -0.2) is 16.7 Å². The third-order valence-electron chi connectivity index (χ3n) is 2.48. The molecule has 19 heavy (non-hydrogen) atoms. The molecule has 0 spiro atoms. The molecule has 5 nitrogen and oxygen atoms in total. The van der Waals surface area contributed by atoms with Crippen LogP contribution in [0.15, 0.2) is 47.1 Å². The molecular weight excluding hydrogens is 264 g/mol. The molecule has 0 atom stereocenters.